The average molecular weight is 299 g/mol. The van der Waals surface area contributed by atoms with Gasteiger partial charge in [0.05, 0.1) is 19.6 Å². The maximum Gasteiger partial charge on any atom is 0.308 e. The number of aromatic amines is 1. The molecule has 22 heavy (non-hydrogen) atoms. The van der Waals surface area contributed by atoms with Crippen molar-refractivity contribution in [2.24, 2.45) is 0 Å². The Bertz CT molecular complexity index is 824. The highest BCUT2D eigenvalue weighted by atomic mass is 16.5. The summed E-state index contributed by atoms with van der Waals surface area (Å²) in [6, 6.07) is 13.4. The minimum Gasteiger partial charge on any atom is -0.469 e. The summed E-state index contributed by atoms with van der Waals surface area (Å²) < 4.78 is 4.50. The molecule has 0 aliphatic heterocycles. The number of para-hydroxylation sites is 1. The smallest absolute Gasteiger partial charge is 0.308 e. The standard InChI is InChI=1S/C17H17NO4/c1-22-16(20)9-15(19)17(21)10-6-7-12-11-4-2-3-5-13(11)18-14(12)8-10/h2-8,15,17-19,21H,9H2,1H3. The van der Waals surface area contributed by atoms with Crippen LogP contribution in [0.25, 0.3) is 21.8 Å². The van der Waals surface area contributed by atoms with Crippen molar-refractivity contribution in [1.82, 2.24) is 4.98 Å². The summed E-state index contributed by atoms with van der Waals surface area (Å²) in [6.07, 6.45) is -2.59. The minimum absolute atomic E-state index is 0.248. The Morgan fingerprint density at radius 3 is 2.64 bits per heavy atom. The van der Waals surface area contributed by atoms with Gasteiger partial charge in [0, 0.05) is 21.8 Å². The third-order valence-electron chi connectivity index (χ3n) is 3.84. The van der Waals surface area contributed by atoms with Crippen molar-refractivity contribution in [3.63, 3.8) is 0 Å². The van der Waals surface area contributed by atoms with Crippen molar-refractivity contribution >= 4 is 27.8 Å². The number of carbonyl (C=O) groups excluding carboxylic acids is 1. The number of carbonyl (C=O) groups is 1. The first-order valence-electron chi connectivity index (χ1n) is 7.03. The Kier molecular flexibility index (Phi) is 3.83. The van der Waals surface area contributed by atoms with Gasteiger partial charge in [0.15, 0.2) is 0 Å². The van der Waals surface area contributed by atoms with Gasteiger partial charge < -0.3 is 19.9 Å². The number of H-pyrrole nitrogens is 1. The van der Waals surface area contributed by atoms with E-state index in [4.69, 9.17) is 0 Å². The molecule has 5 nitrogen and oxygen atoms in total. The zero-order chi connectivity index (χ0) is 15.7. The van der Waals surface area contributed by atoms with Crippen LogP contribution in [-0.2, 0) is 9.53 Å². The van der Waals surface area contributed by atoms with Gasteiger partial charge in [-0.15, -0.1) is 0 Å². The van der Waals surface area contributed by atoms with Gasteiger partial charge in [0.1, 0.15) is 6.10 Å². The number of esters is 1. The third-order valence-corrected chi connectivity index (χ3v) is 3.84. The number of rotatable bonds is 4. The molecule has 1 aromatic heterocycles. The molecule has 2 atom stereocenters. The maximum atomic E-state index is 11.2. The first kappa shape index (κ1) is 14.6. The van der Waals surface area contributed by atoms with Crippen LogP contribution in [-0.4, -0.2) is 34.4 Å². The molecule has 0 fully saturated rings. The summed E-state index contributed by atoms with van der Waals surface area (Å²) >= 11 is 0. The zero-order valence-corrected chi connectivity index (χ0v) is 12.1. The molecular weight excluding hydrogens is 282 g/mol. The van der Waals surface area contributed by atoms with Gasteiger partial charge in [-0.25, -0.2) is 0 Å². The Balaban J connectivity index is 1.94. The molecule has 2 aromatic carbocycles. The molecule has 2 unspecified atom stereocenters. The Labute approximate surface area is 127 Å². The number of ether oxygens (including phenoxy) is 1. The molecule has 5 heteroatoms. The van der Waals surface area contributed by atoms with Crippen molar-refractivity contribution in [3.05, 3.63) is 48.0 Å². The number of benzene rings is 2. The second-order valence-corrected chi connectivity index (χ2v) is 5.27. The number of aliphatic hydroxyl groups is 2. The predicted octanol–water partition coefficient (Wildman–Crippen LogP) is 2.28. The van der Waals surface area contributed by atoms with E-state index in [0.29, 0.717) is 5.56 Å². The molecule has 0 saturated heterocycles. The fourth-order valence-corrected chi connectivity index (χ4v) is 2.64. The lowest BCUT2D eigenvalue weighted by atomic mass is 10.0. The van der Waals surface area contributed by atoms with E-state index >= 15 is 0 Å². The van der Waals surface area contributed by atoms with Gasteiger partial charge in [-0.1, -0.05) is 30.3 Å². The van der Waals surface area contributed by atoms with Crippen LogP contribution >= 0.6 is 0 Å². The van der Waals surface area contributed by atoms with Gasteiger partial charge in [0.2, 0.25) is 0 Å². The number of hydrogen-bond donors (Lipinski definition) is 3. The van der Waals surface area contributed by atoms with E-state index in [0.717, 1.165) is 21.8 Å². The summed E-state index contributed by atoms with van der Waals surface area (Å²) in [6.45, 7) is 0. The highest BCUT2D eigenvalue weighted by molar-refractivity contribution is 6.07. The predicted molar refractivity (Wildman–Crippen MR) is 83.4 cm³/mol. The number of aromatic nitrogens is 1. The number of hydrogen-bond acceptors (Lipinski definition) is 4. The van der Waals surface area contributed by atoms with Crippen LogP contribution in [0.3, 0.4) is 0 Å². The molecule has 0 aliphatic carbocycles. The summed E-state index contributed by atoms with van der Waals surface area (Å²) in [5.41, 5.74) is 2.44. The average Bonchev–Trinajstić information content (AvgIpc) is 2.91. The second kappa shape index (κ2) is 5.79. The normalized spacial score (nSPS) is 14.1. The van der Waals surface area contributed by atoms with Crippen LogP contribution in [0, 0.1) is 0 Å². The summed E-state index contributed by atoms with van der Waals surface area (Å²) in [5.74, 6) is -0.557. The van der Waals surface area contributed by atoms with Crippen molar-refractivity contribution in [2.45, 2.75) is 18.6 Å². The molecule has 0 bridgehead atoms. The topological polar surface area (TPSA) is 82.6 Å². The lowest BCUT2D eigenvalue weighted by Gasteiger charge is -2.17. The van der Waals surface area contributed by atoms with Crippen molar-refractivity contribution in [1.29, 1.82) is 0 Å². The molecule has 1 heterocycles. The first-order valence-corrected chi connectivity index (χ1v) is 7.03. The number of aliphatic hydroxyl groups excluding tert-OH is 2. The van der Waals surface area contributed by atoms with Crippen LogP contribution in [0.1, 0.15) is 18.1 Å². The monoisotopic (exact) mass is 299 g/mol. The largest absolute Gasteiger partial charge is 0.469 e. The van der Waals surface area contributed by atoms with Gasteiger partial charge in [-0.05, 0) is 17.7 Å². The van der Waals surface area contributed by atoms with Crippen molar-refractivity contribution in [2.75, 3.05) is 7.11 Å². The lowest BCUT2D eigenvalue weighted by molar-refractivity contribution is -0.144. The molecule has 3 aromatic rings. The Hall–Kier alpha value is -2.37. The lowest BCUT2D eigenvalue weighted by Crippen LogP contribution is -2.22. The Morgan fingerprint density at radius 1 is 1.14 bits per heavy atom. The van der Waals surface area contributed by atoms with E-state index in [2.05, 4.69) is 9.72 Å². The maximum absolute atomic E-state index is 11.2. The first-order chi connectivity index (χ1) is 10.6. The van der Waals surface area contributed by atoms with Crippen LogP contribution < -0.4 is 0 Å². The van der Waals surface area contributed by atoms with E-state index in [-0.39, 0.29) is 6.42 Å². The van der Waals surface area contributed by atoms with E-state index in [1.165, 1.54) is 7.11 Å². The van der Waals surface area contributed by atoms with E-state index in [1.54, 1.807) is 12.1 Å². The zero-order valence-electron chi connectivity index (χ0n) is 12.1. The molecule has 0 radical (unpaired) electrons. The highest BCUT2D eigenvalue weighted by Crippen LogP contribution is 2.28. The van der Waals surface area contributed by atoms with E-state index < -0.39 is 18.2 Å². The van der Waals surface area contributed by atoms with Gasteiger partial charge >= 0.3 is 5.97 Å². The molecule has 3 rings (SSSR count). The van der Waals surface area contributed by atoms with Crippen LogP contribution in [0.15, 0.2) is 42.5 Å². The van der Waals surface area contributed by atoms with Crippen LogP contribution in [0.4, 0.5) is 0 Å². The molecule has 0 aliphatic rings. The molecule has 3 N–H and O–H groups in total. The van der Waals surface area contributed by atoms with Crippen LogP contribution in [0.5, 0.6) is 0 Å². The number of nitrogens with one attached hydrogen (secondary N) is 1. The molecular formula is C17H17NO4. The molecule has 114 valence electrons. The van der Waals surface area contributed by atoms with Gasteiger partial charge in [-0.3, -0.25) is 4.79 Å². The second-order valence-electron chi connectivity index (χ2n) is 5.27. The fraction of sp³-hybridized carbons (Fsp3) is 0.235. The number of fused-ring (bicyclic) bond motifs is 3. The Morgan fingerprint density at radius 2 is 1.86 bits per heavy atom. The molecule has 0 amide bonds. The minimum atomic E-state index is -1.20. The van der Waals surface area contributed by atoms with Gasteiger partial charge in [0.25, 0.3) is 0 Å². The quantitative estimate of drug-likeness (QED) is 0.645. The van der Waals surface area contributed by atoms with E-state index in [1.807, 2.05) is 30.3 Å². The van der Waals surface area contributed by atoms with Gasteiger partial charge in [-0.2, -0.15) is 0 Å². The highest BCUT2D eigenvalue weighted by Gasteiger charge is 2.22. The van der Waals surface area contributed by atoms with Crippen LogP contribution in [0.2, 0.25) is 0 Å². The molecule has 0 spiro atoms. The van der Waals surface area contributed by atoms with Crippen molar-refractivity contribution < 1.29 is 19.7 Å². The summed E-state index contributed by atoms with van der Waals surface area (Å²) in [7, 11) is 1.25. The number of methoxy groups -OCH3 is 1. The summed E-state index contributed by atoms with van der Waals surface area (Å²) in [5, 5.41) is 22.3. The summed E-state index contributed by atoms with van der Waals surface area (Å²) in [4.78, 5) is 14.5. The third kappa shape index (κ3) is 2.56. The SMILES string of the molecule is COC(=O)CC(O)C(O)c1ccc2c(c1)[nH]c1ccccc12. The molecule has 0 saturated carbocycles. The fourth-order valence-electron chi connectivity index (χ4n) is 2.64. The van der Waals surface area contributed by atoms with Crippen molar-refractivity contribution in [3.8, 4) is 0 Å². The van der Waals surface area contributed by atoms with E-state index in [9.17, 15) is 15.0 Å².